The Kier molecular flexibility index (Phi) is 8.29. The van der Waals surface area contributed by atoms with E-state index in [1.54, 1.807) is 17.0 Å². The van der Waals surface area contributed by atoms with Gasteiger partial charge < -0.3 is 15.0 Å². The fourth-order valence-electron chi connectivity index (χ4n) is 4.21. The van der Waals surface area contributed by atoms with Gasteiger partial charge in [-0.2, -0.15) is 4.31 Å². The van der Waals surface area contributed by atoms with Crippen LogP contribution in [-0.2, 0) is 19.6 Å². The number of hydrogen-bond donors (Lipinski definition) is 1. The molecule has 0 bridgehead atoms. The summed E-state index contributed by atoms with van der Waals surface area (Å²) in [5, 5.41) is 3.30. The Balaban J connectivity index is 1.77. The first-order chi connectivity index (χ1) is 15.5. The summed E-state index contributed by atoms with van der Waals surface area (Å²) in [7, 11) is -3.91. The monoisotopic (exact) mass is 499 g/mol. The number of nitrogens with zero attached hydrogens (tertiary/aromatic N) is 2. The maximum absolute atomic E-state index is 13.6. The molecule has 1 N–H and O–H groups in total. The quantitative estimate of drug-likeness (QED) is 0.667. The van der Waals surface area contributed by atoms with Gasteiger partial charge in [-0.3, -0.25) is 4.79 Å². The highest BCUT2D eigenvalue weighted by Gasteiger charge is 2.39. The topological polar surface area (TPSA) is 96.0 Å². The summed E-state index contributed by atoms with van der Waals surface area (Å²) in [6.07, 6.45) is 3.00. The van der Waals surface area contributed by atoms with E-state index in [1.165, 1.54) is 16.4 Å². The van der Waals surface area contributed by atoms with E-state index in [0.717, 1.165) is 12.8 Å². The van der Waals surface area contributed by atoms with Gasteiger partial charge in [-0.25, -0.2) is 13.2 Å². The van der Waals surface area contributed by atoms with Crippen molar-refractivity contribution in [3.63, 3.8) is 0 Å². The molecule has 2 aliphatic heterocycles. The molecule has 3 rings (SSSR count). The molecule has 1 aromatic carbocycles. The molecule has 0 aromatic heterocycles. The van der Waals surface area contributed by atoms with E-state index < -0.39 is 21.7 Å². The number of hydrogen-bond acceptors (Lipinski definition) is 5. The van der Waals surface area contributed by atoms with Gasteiger partial charge in [0.05, 0.1) is 4.90 Å². The van der Waals surface area contributed by atoms with Crippen LogP contribution in [0.5, 0.6) is 0 Å². The highest BCUT2D eigenvalue weighted by molar-refractivity contribution is 7.89. The number of carbonyl (C=O) groups is 2. The maximum atomic E-state index is 13.6. The van der Waals surface area contributed by atoms with Gasteiger partial charge in [0.15, 0.2) is 0 Å². The van der Waals surface area contributed by atoms with Crippen molar-refractivity contribution in [2.45, 2.75) is 69.4 Å². The van der Waals surface area contributed by atoms with Crippen LogP contribution in [0, 0.1) is 5.92 Å². The van der Waals surface area contributed by atoms with E-state index in [2.05, 4.69) is 5.32 Å². The predicted octanol–water partition coefficient (Wildman–Crippen LogP) is 3.65. The van der Waals surface area contributed by atoms with E-state index in [0.29, 0.717) is 43.9 Å². The number of rotatable bonds is 5. The van der Waals surface area contributed by atoms with Crippen LogP contribution in [-0.4, -0.2) is 67.4 Å². The van der Waals surface area contributed by atoms with Crippen LogP contribution in [0.25, 0.3) is 0 Å². The van der Waals surface area contributed by atoms with Gasteiger partial charge in [0.25, 0.3) is 0 Å². The van der Waals surface area contributed by atoms with Gasteiger partial charge in [-0.15, -0.1) is 0 Å². The standard InChI is InChI=1S/C23H34ClN3O5S/c1-23(2,3)32-22(29)26-14-11-17(12-15-26)16-27(20-6-4-5-13-25-21(20)28)33(30,31)19-9-7-18(24)8-10-19/h7-10,17,20H,4-6,11-16H2,1-3H3,(H,25,28)/t20-/m1/s1. The normalized spacial score (nSPS) is 20.9. The van der Waals surface area contributed by atoms with Crippen LogP contribution >= 0.6 is 11.6 Å². The van der Waals surface area contributed by atoms with Crippen LogP contribution in [0.4, 0.5) is 4.79 Å². The van der Waals surface area contributed by atoms with E-state index >= 15 is 0 Å². The van der Waals surface area contributed by atoms with E-state index in [9.17, 15) is 18.0 Å². The Labute approximate surface area is 201 Å². The lowest BCUT2D eigenvalue weighted by molar-refractivity contribution is -0.124. The molecule has 2 saturated heterocycles. The molecule has 2 heterocycles. The Hall–Kier alpha value is -1.84. The Bertz CT molecular complexity index is 938. The third-order valence-corrected chi connectivity index (χ3v) is 8.12. The fraction of sp³-hybridized carbons (Fsp3) is 0.652. The van der Waals surface area contributed by atoms with Crippen molar-refractivity contribution in [1.82, 2.24) is 14.5 Å². The number of piperidine rings is 1. The minimum Gasteiger partial charge on any atom is -0.444 e. The van der Waals surface area contributed by atoms with Crippen molar-refractivity contribution in [3.8, 4) is 0 Å². The summed E-state index contributed by atoms with van der Waals surface area (Å²) < 4.78 is 34.1. The largest absolute Gasteiger partial charge is 0.444 e. The second-order valence-corrected chi connectivity index (χ2v) is 12.1. The average Bonchev–Trinajstić information content (AvgIpc) is 2.95. The Morgan fingerprint density at radius 2 is 1.79 bits per heavy atom. The minimum absolute atomic E-state index is 0.0295. The molecule has 0 saturated carbocycles. The minimum atomic E-state index is -3.91. The van der Waals surface area contributed by atoms with Crippen LogP contribution in [0.3, 0.4) is 0 Å². The molecule has 10 heteroatoms. The Morgan fingerprint density at radius 3 is 2.39 bits per heavy atom. The second kappa shape index (κ2) is 10.6. The molecule has 2 aliphatic rings. The Morgan fingerprint density at radius 1 is 1.15 bits per heavy atom. The predicted molar refractivity (Wildman–Crippen MR) is 127 cm³/mol. The van der Waals surface area contributed by atoms with Crippen LogP contribution in [0.1, 0.15) is 52.9 Å². The molecule has 8 nitrogen and oxygen atoms in total. The number of halogens is 1. The first kappa shape index (κ1) is 25.8. The van der Waals surface area contributed by atoms with Crippen molar-refractivity contribution < 1.29 is 22.7 Å². The van der Waals surface area contributed by atoms with Gasteiger partial charge >= 0.3 is 6.09 Å². The van der Waals surface area contributed by atoms with Crippen LogP contribution < -0.4 is 5.32 Å². The molecule has 0 spiro atoms. The molecule has 2 amide bonds. The van der Waals surface area contributed by atoms with Crippen molar-refractivity contribution in [2.75, 3.05) is 26.2 Å². The summed E-state index contributed by atoms with van der Waals surface area (Å²) in [5.74, 6) is -0.224. The zero-order valence-electron chi connectivity index (χ0n) is 19.5. The molecular weight excluding hydrogens is 466 g/mol. The van der Waals surface area contributed by atoms with Gasteiger partial charge in [0.1, 0.15) is 11.6 Å². The highest BCUT2D eigenvalue weighted by atomic mass is 35.5. The van der Waals surface area contributed by atoms with E-state index in [4.69, 9.17) is 16.3 Å². The number of carbonyl (C=O) groups excluding carboxylic acids is 2. The maximum Gasteiger partial charge on any atom is 0.410 e. The lowest BCUT2D eigenvalue weighted by Gasteiger charge is -2.37. The first-order valence-electron chi connectivity index (χ1n) is 11.5. The number of likely N-dealkylation sites (tertiary alicyclic amines) is 1. The van der Waals surface area contributed by atoms with E-state index in [-0.39, 0.29) is 29.4 Å². The summed E-state index contributed by atoms with van der Waals surface area (Å²) in [6, 6.07) is 5.28. The zero-order chi connectivity index (χ0) is 24.2. The third-order valence-electron chi connectivity index (χ3n) is 5.98. The molecule has 33 heavy (non-hydrogen) atoms. The number of nitrogens with one attached hydrogen (secondary N) is 1. The summed E-state index contributed by atoms with van der Waals surface area (Å²) in [6.45, 7) is 7.25. The molecule has 0 radical (unpaired) electrons. The molecule has 0 unspecified atom stereocenters. The number of ether oxygens (including phenoxy) is 1. The molecule has 1 atom stereocenters. The summed E-state index contributed by atoms with van der Waals surface area (Å²) in [4.78, 5) is 27.0. The fourth-order valence-corrected chi connectivity index (χ4v) is 6.03. The second-order valence-electron chi connectivity index (χ2n) is 9.74. The third kappa shape index (κ3) is 6.83. The van der Waals surface area contributed by atoms with Crippen LogP contribution in [0.2, 0.25) is 5.02 Å². The zero-order valence-corrected chi connectivity index (χ0v) is 21.1. The molecule has 2 fully saturated rings. The van der Waals surface area contributed by atoms with Gasteiger partial charge in [0, 0.05) is 31.2 Å². The smallest absolute Gasteiger partial charge is 0.410 e. The highest BCUT2D eigenvalue weighted by Crippen LogP contribution is 2.28. The lowest BCUT2D eigenvalue weighted by Crippen LogP contribution is -2.51. The molecular formula is C23H34ClN3O5S. The lowest BCUT2D eigenvalue weighted by atomic mass is 9.96. The van der Waals surface area contributed by atoms with Crippen molar-refractivity contribution in [2.24, 2.45) is 5.92 Å². The number of sulfonamides is 1. The summed E-state index contributed by atoms with van der Waals surface area (Å²) in [5.41, 5.74) is -0.565. The average molecular weight is 500 g/mol. The van der Waals surface area contributed by atoms with Crippen molar-refractivity contribution >= 4 is 33.6 Å². The molecule has 1 aromatic rings. The van der Waals surface area contributed by atoms with Gasteiger partial charge in [0.2, 0.25) is 15.9 Å². The molecule has 184 valence electrons. The van der Waals surface area contributed by atoms with Crippen LogP contribution in [0.15, 0.2) is 29.2 Å². The molecule has 0 aliphatic carbocycles. The van der Waals surface area contributed by atoms with Crippen molar-refractivity contribution in [1.29, 1.82) is 0 Å². The van der Waals surface area contributed by atoms with Gasteiger partial charge in [-0.05, 0) is 83.1 Å². The van der Waals surface area contributed by atoms with Crippen molar-refractivity contribution in [3.05, 3.63) is 29.3 Å². The number of benzene rings is 1. The summed E-state index contributed by atoms with van der Waals surface area (Å²) >= 11 is 5.95. The SMILES string of the molecule is CC(C)(C)OC(=O)N1CCC(CN([C@@H]2CCCCNC2=O)S(=O)(=O)c2ccc(Cl)cc2)CC1. The van der Waals surface area contributed by atoms with E-state index in [1.807, 2.05) is 20.8 Å². The number of amides is 2. The first-order valence-corrected chi connectivity index (χ1v) is 13.3. The van der Waals surface area contributed by atoms with Gasteiger partial charge in [-0.1, -0.05) is 11.6 Å².